The maximum absolute atomic E-state index is 13.0. The molecular formula is C21H20ClN3O4. The lowest BCUT2D eigenvalue weighted by molar-refractivity contribution is 0.0732. The molecule has 0 radical (unpaired) electrons. The molecular weight excluding hydrogens is 394 g/mol. The van der Waals surface area contributed by atoms with Crippen LogP contribution in [0.4, 0.5) is 0 Å². The van der Waals surface area contributed by atoms with E-state index in [4.69, 9.17) is 11.6 Å². The molecule has 2 aromatic carbocycles. The van der Waals surface area contributed by atoms with Crippen molar-refractivity contribution in [3.63, 3.8) is 0 Å². The minimum absolute atomic E-state index is 0.0112. The van der Waals surface area contributed by atoms with E-state index in [0.717, 1.165) is 5.56 Å². The fourth-order valence-electron chi connectivity index (χ4n) is 3.77. The van der Waals surface area contributed by atoms with Gasteiger partial charge in [-0.3, -0.25) is 9.89 Å². The van der Waals surface area contributed by atoms with Crippen molar-refractivity contribution in [2.24, 2.45) is 0 Å². The van der Waals surface area contributed by atoms with Crippen LogP contribution in [0.2, 0.25) is 5.02 Å². The summed E-state index contributed by atoms with van der Waals surface area (Å²) in [4.78, 5) is 14.7. The number of aliphatic hydroxyl groups excluding tert-OH is 1. The summed E-state index contributed by atoms with van der Waals surface area (Å²) in [7, 11) is 0. The number of aromatic nitrogens is 2. The lowest BCUT2D eigenvalue weighted by atomic mass is 9.95. The Bertz CT molecular complexity index is 1100. The van der Waals surface area contributed by atoms with Gasteiger partial charge in [-0.05, 0) is 48.7 Å². The third-order valence-corrected chi connectivity index (χ3v) is 5.55. The number of carbonyl (C=O) groups excluding carboxylic acids is 1. The highest BCUT2D eigenvalue weighted by Gasteiger charge is 2.42. The molecule has 0 unspecified atom stereocenters. The molecule has 0 bridgehead atoms. The number of aliphatic hydroxyl groups is 1. The molecule has 0 aliphatic carbocycles. The highest BCUT2D eigenvalue weighted by atomic mass is 35.5. The smallest absolute Gasteiger partial charge is 0.273 e. The molecule has 0 fully saturated rings. The van der Waals surface area contributed by atoms with Crippen molar-refractivity contribution in [1.29, 1.82) is 0 Å². The normalized spacial score (nSPS) is 15.8. The molecule has 0 saturated heterocycles. The molecule has 3 aromatic rings. The van der Waals surface area contributed by atoms with Crippen molar-refractivity contribution < 1.29 is 20.1 Å². The van der Waals surface area contributed by atoms with Crippen LogP contribution in [0.5, 0.6) is 11.5 Å². The summed E-state index contributed by atoms with van der Waals surface area (Å²) in [5.74, 6) is -0.160. The number of halogens is 1. The quantitative estimate of drug-likeness (QED) is 0.512. The minimum Gasteiger partial charge on any atom is -0.508 e. The van der Waals surface area contributed by atoms with Gasteiger partial charge in [0, 0.05) is 29.3 Å². The molecule has 4 rings (SSSR count). The third kappa shape index (κ3) is 3.22. The van der Waals surface area contributed by atoms with Gasteiger partial charge in [0.2, 0.25) is 0 Å². The highest BCUT2D eigenvalue weighted by molar-refractivity contribution is 6.31. The molecule has 1 aromatic heterocycles. The number of phenolic OH excluding ortho intramolecular Hbond substituents is 2. The zero-order valence-electron chi connectivity index (χ0n) is 15.7. The zero-order valence-corrected chi connectivity index (χ0v) is 16.4. The van der Waals surface area contributed by atoms with E-state index in [2.05, 4.69) is 10.2 Å². The number of hydrogen-bond acceptors (Lipinski definition) is 5. The van der Waals surface area contributed by atoms with E-state index in [1.165, 1.54) is 0 Å². The Kier molecular flexibility index (Phi) is 4.94. The Morgan fingerprint density at radius 1 is 1.24 bits per heavy atom. The number of aryl methyl sites for hydroxylation is 1. The second-order valence-corrected chi connectivity index (χ2v) is 7.46. The molecule has 150 valence electrons. The minimum atomic E-state index is -0.524. The van der Waals surface area contributed by atoms with E-state index < -0.39 is 6.04 Å². The van der Waals surface area contributed by atoms with Gasteiger partial charge in [0.1, 0.15) is 22.9 Å². The summed E-state index contributed by atoms with van der Waals surface area (Å²) in [6.07, 6.45) is 0.412. The van der Waals surface area contributed by atoms with Crippen LogP contribution in [-0.4, -0.2) is 49.5 Å². The molecule has 2 heterocycles. The standard InChI is InChI=1S/C21H20ClN3O4/c1-11-8-16(28)14(10-15(11)22)18-17-19(24-23-18)21(29)25(6-3-7-26)20(17)12-4-2-5-13(27)9-12/h2,4-5,8-10,20,26-28H,3,6-7H2,1H3,(H,23,24)/t20-/m1/s1. The third-order valence-electron chi connectivity index (χ3n) is 5.14. The maximum Gasteiger partial charge on any atom is 0.273 e. The molecule has 1 aliphatic heterocycles. The molecule has 1 amide bonds. The number of nitrogens with one attached hydrogen (secondary N) is 1. The van der Waals surface area contributed by atoms with Gasteiger partial charge in [-0.15, -0.1) is 0 Å². The molecule has 29 heavy (non-hydrogen) atoms. The van der Waals surface area contributed by atoms with Gasteiger partial charge in [-0.1, -0.05) is 23.7 Å². The first-order chi connectivity index (χ1) is 13.9. The topological polar surface area (TPSA) is 110 Å². The second-order valence-electron chi connectivity index (χ2n) is 7.05. The average molecular weight is 414 g/mol. The van der Waals surface area contributed by atoms with Gasteiger partial charge in [0.05, 0.1) is 6.04 Å². The Balaban J connectivity index is 1.91. The van der Waals surface area contributed by atoms with Crippen LogP contribution in [-0.2, 0) is 0 Å². The van der Waals surface area contributed by atoms with Crippen LogP contribution < -0.4 is 0 Å². The van der Waals surface area contributed by atoms with Crippen LogP contribution in [0.15, 0.2) is 36.4 Å². The first kappa shape index (κ1) is 19.3. The Hall–Kier alpha value is -3.03. The Labute approximate surface area is 172 Å². The van der Waals surface area contributed by atoms with E-state index in [1.54, 1.807) is 42.2 Å². The summed E-state index contributed by atoms with van der Waals surface area (Å²) in [5, 5.41) is 37.3. The lowest BCUT2D eigenvalue weighted by Crippen LogP contribution is -2.31. The number of fused-ring (bicyclic) bond motifs is 1. The number of amides is 1. The number of hydrogen-bond donors (Lipinski definition) is 4. The summed E-state index contributed by atoms with van der Waals surface area (Å²) < 4.78 is 0. The number of aromatic hydroxyl groups is 2. The fourth-order valence-corrected chi connectivity index (χ4v) is 3.93. The second kappa shape index (κ2) is 7.42. The average Bonchev–Trinajstić information content (AvgIpc) is 3.22. The van der Waals surface area contributed by atoms with Crippen LogP contribution in [0.3, 0.4) is 0 Å². The number of H-pyrrole nitrogens is 1. The summed E-state index contributed by atoms with van der Waals surface area (Å²) in [5.41, 5.74) is 3.20. The summed E-state index contributed by atoms with van der Waals surface area (Å²) in [6.45, 7) is 2.07. The van der Waals surface area contributed by atoms with Gasteiger partial charge in [-0.2, -0.15) is 5.10 Å². The van der Waals surface area contributed by atoms with Gasteiger partial charge in [0.15, 0.2) is 0 Å². The fraction of sp³-hybridized carbons (Fsp3) is 0.238. The molecule has 8 heteroatoms. The van der Waals surface area contributed by atoms with E-state index >= 15 is 0 Å². The van der Waals surface area contributed by atoms with Crippen molar-refractivity contribution in [2.45, 2.75) is 19.4 Å². The largest absolute Gasteiger partial charge is 0.508 e. The zero-order chi connectivity index (χ0) is 20.7. The van der Waals surface area contributed by atoms with Crippen molar-refractivity contribution >= 4 is 17.5 Å². The van der Waals surface area contributed by atoms with E-state index in [9.17, 15) is 20.1 Å². The first-order valence-corrected chi connectivity index (χ1v) is 9.58. The van der Waals surface area contributed by atoms with Crippen molar-refractivity contribution in [1.82, 2.24) is 15.1 Å². The van der Waals surface area contributed by atoms with Crippen LogP contribution in [0.25, 0.3) is 11.3 Å². The van der Waals surface area contributed by atoms with E-state index in [0.29, 0.717) is 46.1 Å². The summed E-state index contributed by atoms with van der Waals surface area (Å²) >= 11 is 6.27. The highest BCUT2D eigenvalue weighted by Crippen LogP contribution is 2.45. The molecule has 1 aliphatic rings. The predicted molar refractivity (Wildman–Crippen MR) is 108 cm³/mol. The van der Waals surface area contributed by atoms with Gasteiger partial charge in [0.25, 0.3) is 5.91 Å². The van der Waals surface area contributed by atoms with Crippen molar-refractivity contribution in [2.75, 3.05) is 13.2 Å². The van der Waals surface area contributed by atoms with E-state index in [-0.39, 0.29) is 24.0 Å². The van der Waals surface area contributed by atoms with Gasteiger partial charge in [-0.25, -0.2) is 0 Å². The summed E-state index contributed by atoms with van der Waals surface area (Å²) in [6, 6.07) is 9.34. The predicted octanol–water partition coefficient (Wildman–Crippen LogP) is 3.38. The van der Waals surface area contributed by atoms with Crippen LogP contribution >= 0.6 is 11.6 Å². The molecule has 0 spiro atoms. The number of benzene rings is 2. The molecule has 4 N–H and O–H groups in total. The Morgan fingerprint density at radius 3 is 2.76 bits per heavy atom. The number of carbonyl (C=O) groups is 1. The van der Waals surface area contributed by atoms with E-state index in [1.807, 2.05) is 6.07 Å². The maximum atomic E-state index is 13.0. The van der Waals surface area contributed by atoms with Crippen LogP contribution in [0, 0.1) is 6.92 Å². The molecule has 0 saturated carbocycles. The molecule has 7 nitrogen and oxygen atoms in total. The monoisotopic (exact) mass is 413 g/mol. The number of nitrogens with zero attached hydrogens (tertiary/aromatic N) is 2. The van der Waals surface area contributed by atoms with Gasteiger partial charge < -0.3 is 20.2 Å². The first-order valence-electron chi connectivity index (χ1n) is 9.21. The van der Waals surface area contributed by atoms with Crippen LogP contribution in [0.1, 0.15) is 39.6 Å². The number of phenols is 2. The van der Waals surface area contributed by atoms with Crippen molar-refractivity contribution in [3.8, 4) is 22.8 Å². The van der Waals surface area contributed by atoms with Crippen molar-refractivity contribution in [3.05, 3.63) is 63.8 Å². The lowest BCUT2D eigenvalue weighted by Gasteiger charge is -2.26. The SMILES string of the molecule is Cc1cc(O)c(-c2n[nH]c3c2[C@@H](c2cccc(O)c2)N(CCCO)C3=O)cc1Cl. The molecule has 1 atom stereocenters. The number of aromatic amines is 1. The number of rotatable bonds is 5. The van der Waals surface area contributed by atoms with Gasteiger partial charge >= 0.3 is 0 Å². The Morgan fingerprint density at radius 2 is 2.03 bits per heavy atom.